The highest BCUT2D eigenvalue weighted by molar-refractivity contribution is 5.96. The number of pyridine rings is 1. The maximum Gasteiger partial charge on any atom is 0.256 e. The number of methoxy groups -OCH3 is 1. The van der Waals surface area contributed by atoms with Crippen LogP contribution in [-0.4, -0.2) is 30.2 Å². The van der Waals surface area contributed by atoms with E-state index in [9.17, 15) is 4.79 Å². The molecule has 1 aromatic rings. The number of ether oxygens (including phenoxy) is 2. The SMILES string of the molecule is CCCC[C@](C)(OC)C(=O)Nc1ccc(OCCC)nc1. The van der Waals surface area contributed by atoms with E-state index in [0.717, 1.165) is 19.3 Å². The molecule has 0 fully saturated rings. The third-order valence-corrected chi connectivity index (χ3v) is 3.39. The quantitative estimate of drug-likeness (QED) is 0.758. The number of rotatable bonds is 9. The van der Waals surface area contributed by atoms with Gasteiger partial charge in [-0.1, -0.05) is 26.7 Å². The Balaban J connectivity index is 2.64. The number of nitrogens with zero attached hydrogens (tertiary/aromatic N) is 1. The van der Waals surface area contributed by atoms with Gasteiger partial charge in [-0.15, -0.1) is 0 Å². The van der Waals surface area contributed by atoms with Crippen LogP contribution in [-0.2, 0) is 9.53 Å². The van der Waals surface area contributed by atoms with E-state index >= 15 is 0 Å². The number of unbranched alkanes of at least 4 members (excludes halogenated alkanes) is 1. The lowest BCUT2D eigenvalue weighted by Crippen LogP contribution is -2.41. The average Bonchev–Trinajstić information content (AvgIpc) is 2.51. The van der Waals surface area contributed by atoms with Crippen molar-refractivity contribution in [3.8, 4) is 5.88 Å². The van der Waals surface area contributed by atoms with Gasteiger partial charge in [0, 0.05) is 13.2 Å². The molecule has 0 saturated carbocycles. The van der Waals surface area contributed by atoms with E-state index in [0.29, 0.717) is 24.6 Å². The van der Waals surface area contributed by atoms with Crippen LogP contribution in [0.1, 0.15) is 46.5 Å². The number of hydrogen-bond acceptors (Lipinski definition) is 4. The lowest BCUT2D eigenvalue weighted by molar-refractivity contribution is -0.136. The molecule has 1 heterocycles. The summed E-state index contributed by atoms with van der Waals surface area (Å²) in [7, 11) is 1.56. The first kappa shape index (κ1) is 17.4. The molecule has 118 valence electrons. The first-order chi connectivity index (χ1) is 10.1. The highest BCUT2D eigenvalue weighted by Gasteiger charge is 2.32. The molecule has 0 saturated heterocycles. The van der Waals surface area contributed by atoms with Crippen LogP contribution in [0.15, 0.2) is 18.3 Å². The van der Waals surface area contributed by atoms with Crippen molar-refractivity contribution in [3.63, 3.8) is 0 Å². The second-order valence-corrected chi connectivity index (χ2v) is 5.23. The fourth-order valence-electron chi connectivity index (χ4n) is 1.83. The summed E-state index contributed by atoms with van der Waals surface area (Å²) in [5.74, 6) is 0.415. The van der Waals surface area contributed by atoms with E-state index in [1.165, 1.54) is 0 Å². The Bertz CT molecular complexity index is 434. The Kier molecular flexibility index (Phi) is 7.15. The molecular formula is C16H26N2O3. The van der Waals surface area contributed by atoms with Gasteiger partial charge in [0.05, 0.1) is 18.5 Å². The Morgan fingerprint density at radius 2 is 2.10 bits per heavy atom. The predicted molar refractivity (Wildman–Crippen MR) is 83.6 cm³/mol. The van der Waals surface area contributed by atoms with Gasteiger partial charge >= 0.3 is 0 Å². The summed E-state index contributed by atoms with van der Waals surface area (Å²) in [6, 6.07) is 3.53. The number of hydrogen-bond donors (Lipinski definition) is 1. The van der Waals surface area contributed by atoms with E-state index < -0.39 is 5.60 Å². The maximum atomic E-state index is 12.3. The fraction of sp³-hybridized carbons (Fsp3) is 0.625. The average molecular weight is 294 g/mol. The van der Waals surface area contributed by atoms with Crippen LogP contribution in [0, 0.1) is 0 Å². The smallest absolute Gasteiger partial charge is 0.256 e. The number of aromatic nitrogens is 1. The van der Waals surface area contributed by atoms with Crippen molar-refractivity contribution in [2.24, 2.45) is 0 Å². The number of nitrogens with one attached hydrogen (secondary N) is 1. The monoisotopic (exact) mass is 294 g/mol. The highest BCUT2D eigenvalue weighted by Crippen LogP contribution is 2.21. The van der Waals surface area contributed by atoms with Gasteiger partial charge in [-0.25, -0.2) is 4.98 Å². The van der Waals surface area contributed by atoms with Crippen molar-refractivity contribution in [3.05, 3.63) is 18.3 Å². The molecule has 1 aromatic heterocycles. The molecule has 1 N–H and O–H groups in total. The largest absolute Gasteiger partial charge is 0.478 e. The van der Waals surface area contributed by atoms with Gasteiger partial charge in [0.25, 0.3) is 5.91 Å². The molecule has 1 rings (SSSR count). The highest BCUT2D eigenvalue weighted by atomic mass is 16.5. The molecule has 0 aliphatic heterocycles. The molecule has 0 unspecified atom stereocenters. The zero-order chi connectivity index (χ0) is 15.7. The Morgan fingerprint density at radius 1 is 1.33 bits per heavy atom. The summed E-state index contributed by atoms with van der Waals surface area (Å²) >= 11 is 0. The molecule has 5 nitrogen and oxygen atoms in total. The molecule has 0 aliphatic carbocycles. The predicted octanol–water partition coefficient (Wildman–Crippen LogP) is 3.40. The van der Waals surface area contributed by atoms with Crippen LogP contribution in [0.3, 0.4) is 0 Å². The van der Waals surface area contributed by atoms with E-state index in [2.05, 4.69) is 17.2 Å². The zero-order valence-electron chi connectivity index (χ0n) is 13.4. The number of anilines is 1. The molecule has 0 bridgehead atoms. The van der Waals surface area contributed by atoms with Gasteiger partial charge in [-0.2, -0.15) is 0 Å². The second kappa shape index (κ2) is 8.62. The molecule has 0 aromatic carbocycles. The summed E-state index contributed by atoms with van der Waals surface area (Å²) in [4.78, 5) is 16.5. The molecular weight excluding hydrogens is 268 g/mol. The van der Waals surface area contributed by atoms with Crippen molar-refractivity contribution in [2.45, 2.75) is 52.1 Å². The van der Waals surface area contributed by atoms with Gasteiger partial charge < -0.3 is 14.8 Å². The minimum Gasteiger partial charge on any atom is -0.478 e. The Labute approximate surface area is 127 Å². The van der Waals surface area contributed by atoms with Crippen LogP contribution in [0.2, 0.25) is 0 Å². The number of carbonyl (C=O) groups excluding carboxylic acids is 1. The third kappa shape index (κ3) is 5.34. The summed E-state index contributed by atoms with van der Waals surface area (Å²) < 4.78 is 10.8. The topological polar surface area (TPSA) is 60.5 Å². The fourth-order valence-corrected chi connectivity index (χ4v) is 1.83. The first-order valence-corrected chi connectivity index (χ1v) is 7.51. The molecule has 0 aliphatic rings. The van der Waals surface area contributed by atoms with Crippen LogP contribution < -0.4 is 10.1 Å². The van der Waals surface area contributed by atoms with Gasteiger partial charge in [0.2, 0.25) is 5.88 Å². The van der Waals surface area contributed by atoms with Crippen molar-refractivity contribution < 1.29 is 14.3 Å². The van der Waals surface area contributed by atoms with Crippen molar-refractivity contribution in [1.82, 2.24) is 4.98 Å². The molecule has 0 radical (unpaired) electrons. The van der Waals surface area contributed by atoms with Crippen LogP contribution in [0.4, 0.5) is 5.69 Å². The first-order valence-electron chi connectivity index (χ1n) is 7.51. The normalized spacial score (nSPS) is 13.5. The van der Waals surface area contributed by atoms with Gasteiger partial charge in [0.1, 0.15) is 5.60 Å². The summed E-state index contributed by atoms with van der Waals surface area (Å²) in [6.45, 7) is 6.57. The molecule has 1 atom stereocenters. The van der Waals surface area contributed by atoms with Gasteiger partial charge in [0.15, 0.2) is 0 Å². The van der Waals surface area contributed by atoms with Crippen LogP contribution >= 0.6 is 0 Å². The summed E-state index contributed by atoms with van der Waals surface area (Å²) in [6.07, 6.45) is 5.19. The molecule has 21 heavy (non-hydrogen) atoms. The summed E-state index contributed by atoms with van der Waals surface area (Å²) in [5.41, 5.74) is -0.170. The van der Waals surface area contributed by atoms with Crippen molar-refractivity contribution in [1.29, 1.82) is 0 Å². The molecule has 5 heteroatoms. The van der Waals surface area contributed by atoms with Crippen LogP contribution in [0.25, 0.3) is 0 Å². The number of carbonyl (C=O) groups is 1. The minimum atomic E-state index is -0.812. The van der Waals surface area contributed by atoms with E-state index in [1.807, 2.05) is 13.8 Å². The Morgan fingerprint density at radius 3 is 2.62 bits per heavy atom. The Hall–Kier alpha value is -1.62. The molecule has 1 amide bonds. The van der Waals surface area contributed by atoms with E-state index in [-0.39, 0.29) is 5.91 Å². The second-order valence-electron chi connectivity index (χ2n) is 5.23. The zero-order valence-corrected chi connectivity index (χ0v) is 13.4. The standard InChI is InChI=1S/C16H26N2O3/c1-5-7-10-16(3,20-4)15(19)18-13-8-9-14(17-12-13)21-11-6-2/h8-9,12H,5-7,10-11H2,1-4H3,(H,18,19)/t16-/m0/s1. The minimum absolute atomic E-state index is 0.150. The van der Waals surface area contributed by atoms with E-state index in [4.69, 9.17) is 9.47 Å². The van der Waals surface area contributed by atoms with Crippen molar-refractivity contribution >= 4 is 11.6 Å². The van der Waals surface area contributed by atoms with Crippen LogP contribution in [0.5, 0.6) is 5.88 Å². The molecule has 0 spiro atoms. The van der Waals surface area contributed by atoms with Crippen molar-refractivity contribution in [2.75, 3.05) is 19.0 Å². The van der Waals surface area contributed by atoms with Gasteiger partial charge in [-0.3, -0.25) is 4.79 Å². The maximum absolute atomic E-state index is 12.3. The van der Waals surface area contributed by atoms with E-state index in [1.54, 1.807) is 25.4 Å². The lowest BCUT2D eigenvalue weighted by Gasteiger charge is -2.26. The third-order valence-electron chi connectivity index (χ3n) is 3.39. The lowest BCUT2D eigenvalue weighted by atomic mass is 9.97. The summed E-state index contributed by atoms with van der Waals surface area (Å²) in [5, 5.41) is 2.84. The number of amides is 1. The van der Waals surface area contributed by atoms with Gasteiger partial charge in [-0.05, 0) is 25.8 Å².